The predicted molar refractivity (Wildman–Crippen MR) is 123 cm³/mol. The first-order chi connectivity index (χ1) is 15.5. The summed E-state index contributed by atoms with van der Waals surface area (Å²) in [5, 5.41) is 6.23. The standard InChI is InChI=1S/C24H28ClN3O4/c1-31-18-5-3-4-15(10-18)13-28-9-8-17(14-28)26-24(30)19-11-20(25)21(12-22(19)32-2)27-23(29)16-6-7-16/h3-5,10-12,16-17H,6-9,13-14H2,1-2H3,(H,26,30)(H,27,29)/t17-/m1/s1. The summed E-state index contributed by atoms with van der Waals surface area (Å²) in [6.07, 6.45) is 2.66. The molecule has 0 aromatic heterocycles. The molecule has 1 saturated heterocycles. The van der Waals surface area contributed by atoms with Crippen molar-refractivity contribution in [2.75, 3.05) is 32.6 Å². The van der Waals surface area contributed by atoms with Crippen molar-refractivity contribution in [3.8, 4) is 11.5 Å². The number of hydrogen-bond donors (Lipinski definition) is 2. The molecule has 1 atom stereocenters. The van der Waals surface area contributed by atoms with Gasteiger partial charge in [0, 0.05) is 37.7 Å². The van der Waals surface area contributed by atoms with Crippen LogP contribution in [-0.2, 0) is 11.3 Å². The topological polar surface area (TPSA) is 79.9 Å². The second-order valence-corrected chi connectivity index (χ2v) is 8.75. The van der Waals surface area contributed by atoms with E-state index in [2.05, 4.69) is 21.6 Å². The Morgan fingerprint density at radius 3 is 2.66 bits per heavy atom. The number of benzene rings is 2. The van der Waals surface area contributed by atoms with Crippen molar-refractivity contribution in [1.82, 2.24) is 10.2 Å². The Bertz CT molecular complexity index is 1010. The number of rotatable bonds is 8. The van der Waals surface area contributed by atoms with Gasteiger partial charge >= 0.3 is 0 Å². The summed E-state index contributed by atoms with van der Waals surface area (Å²) in [6, 6.07) is 11.2. The Labute approximate surface area is 193 Å². The SMILES string of the molecule is COc1cccc(CN2CC[C@@H](NC(=O)c3cc(Cl)c(NC(=O)C4CC4)cc3OC)C2)c1. The van der Waals surface area contributed by atoms with Crippen LogP contribution in [-0.4, -0.2) is 50.1 Å². The minimum absolute atomic E-state index is 0.0332. The highest BCUT2D eigenvalue weighted by atomic mass is 35.5. The van der Waals surface area contributed by atoms with Gasteiger partial charge in [0.05, 0.1) is 30.5 Å². The lowest BCUT2D eigenvalue weighted by Gasteiger charge is -2.18. The van der Waals surface area contributed by atoms with Gasteiger partial charge in [-0.3, -0.25) is 14.5 Å². The van der Waals surface area contributed by atoms with Gasteiger partial charge in [-0.05, 0) is 43.0 Å². The first-order valence-electron chi connectivity index (χ1n) is 10.8. The molecule has 2 fully saturated rings. The molecule has 32 heavy (non-hydrogen) atoms. The summed E-state index contributed by atoms with van der Waals surface area (Å²) in [7, 11) is 3.16. The third-order valence-electron chi connectivity index (χ3n) is 5.89. The molecule has 0 radical (unpaired) electrons. The van der Waals surface area contributed by atoms with Crippen molar-refractivity contribution in [3.05, 3.63) is 52.5 Å². The van der Waals surface area contributed by atoms with Crippen molar-refractivity contribution in [1.29, 1.82) is 0 Å². The smallest absolute Gasteiger partial charge is 0.255 e. The molecule has 2 N–H and O–H groups in total. The van der Waals surface area contributed by atoms with Crippen LogP contribution in [0.2, 0.25) is 5.02 Å². The van der Waals surface area contributed by atoms with Gasteiger partial charge in [-0.25, -0.2) is 0 Å². The summed E-state index contributed by atoms with van der Waals surface area (Å²) in [6.45, 7) is 2.45. The lowest BCUT2D eigenvalue weighted by atomic mass is 10.1. The zero-order chi connectivity index (χ0) is 22.7. The molecule has 170 valence electrons. The molecule has 0 spiro atoms. The number of amides is 2. The predicted octanol–water partition coefficient (Wildman–Crippen LogP) is 3.71. The van der Waals surface area contributed by atoms with Gasteiger partial charge in [0.2, 0.25) is 5.91 Å². The quantitative estimate of drug-likeness (QED) is 0.631. The normalized spacial score (nSPS) is 18.3. The maximum atomic E-state index is 13.0. The van der Waals surface area contributed by atoms with Crippen LogP contribution in [0.5, 0.6) is 11.5 Å². The molecule has 0 bridgehead atoms. The molecular formula is C24H28ClN3O4. The molecule has 2 amide bonds. The molecule has 1 heterocycles. The summed E-state index contributed by atoms with van der Waals surface area (Å²) >= 11 is 6.36. The van der Waals surface area contributed by atoms with Crippen LogP contribution in [0, 0.1) is 5.92 Å². The molecule has 7 nitrogen and oxygen atoms in total. The van der Waals surface area contributed by atoms with Crippen molar-refractivity contribution >= 4 is 29.1 Å². The van der Waals surface area contributed by atoms with Crippen LogP contribution in [0.4, 0.5) is 5.69 Å². The molecule has 1 aliphatic carbocycles. The maximum Gasteiger partial charge on any atom is 0.255 e. The van der Waals surface area contributed by atoms with E-state index >= 15 is 0 Å². The third-order valence-corrected chi connectivity index (χ3v) is 6.20. The number of methoxy groups -OCH3 is 2. The Kier molecular flexibility index (Phi) is 6.86. The van der Waals surface area contributed by atoms with Crippen LogP contribution in [0.1, 0.15) is 35.2 Å². The van der Waals surface area contributed by atoms with E-state index < -0.39 is 0 Å². The average molecular weight is 458 g/mol. The maximum absolute atomic E-state index is 13.0. The van der Waals surface area contributed by atoms with Crippen LogP contribution in [0.25, 0.3) is 0 Å². The van der Waals surface area contributed by atoms with Crippen molar-refractivity contribution < 1.29 is 19.1 Å². The minimum Gasteiger partial charge on any atom is -0.497 e. The summed E-state index contributed by atoms with van der Waals surface area (Å²) in [4.78, 5) is 27.3. The number of likely N-dealkylation sites (tertiary alicyclic amines) is 1. The fraction of sp³-hybridized carbons (Fsp3) is 0.417. The van der Waals surface area contributed by atoms with Crippen LogP contribution in [0.15, 0.2) is 36.4 Å². The number of halogens is 1. The number of ether oxygens (including phenoxy) is 2. The van der Waals surface area contributed by atoms with Gasteiger partial charge in [-0.2, -0.15) is 0 Å². The van der Waals surface area contributed by atoms with E-state index in [9.17, 15) is 9.59 Å². The molecule has 2 aromatic carbocycles. The van der Waals surface area contributed by atoms with Crippen LogP contribution in [0.3, 0.4) is 0 Å². The van der Waals surface area contributed by atoms with E-state index in [1.54, 1.807) is 19.2 Å². The molecule has 1 aliphatic heterocycles. The lowest BCUT2D eigenvalue weighted by molar-refractivity contribution is -0.117. The number of anilines is 1. The fourth-order valence-corrected chi connectivity index (χ4v) is 4.17. The largest absolute Gasteiger partial charge is 0.497 e. The van der Waals surface area contributed by atoms with E-state index in [-0.39, 0.29) is 23.8 Å². The highest BCUT2D eigenvalue weighted by Crippen LogP contribution is 2.34. The Morgan fingerprint density at radius 2 is 1.94 bits per heavy atom. The minimum atomic E-state index is -0.239. The highest BCUT2D eigenvalue weighted by Gasteiger charge is 2.30. The van der Waals surface area contributed by atoms with Gasteiger partial charge in [0.1, 0.15) is 11.5 Å². The number of carbonyl (C=O) groups is 2. The summed E-state index contributed by atoms with van der Waals surface area (Å²) < 4.78 is 10.7. The van der Waals surface area contributed by atoms with Crippen LogP contribution >= 0.6 is 11.6 Å². The Morgan fingerprint density at radius 1 is 1.12 bits per heavy atom. The third kappa shape index (κ3) is 5.34. The monoisotopic (exact) mass is 457 g/mol. The first-order valence-corrected chi connectivity index (χ1v) is 11.2. The van der Waals surface area contributed by atoms with Crippen molar-refractivity contribution in [2.24, 2.45) is 5.92 Å². The zero-order valence-corrected chi connectivity index (χ0v) is 19.1. The number of hydrogen-bond acceptors (Lipinski definition) is 5. The van der Waals surface area contributed by atoms with Crippen molar-refractivity contribution in [3.63, 3.8) is 0 Å². The number of nitrogens with one attached hydrogen (secondary N) is 2. The van der Waals surface area contributed by atoms with E-state index in [0.29, 0.717) is 22.0 Å². The van der Waals surface area contributed by atoms with E-state index in [1.165, 1.54) is 12.7 Å². The molecule has 2 aliphatic rings. The van der Waals surface area contributed by atoms with Gasteiger partial charge < -0.3 is 20.1 Å². The average Bonchev–Trinajstić information content (AvgIpc) is 3.56. The summed E-state index contributed by atoms with van der Waals surface area (Å²) in [5.41, 5.74) is 1.99. The van der Waals surface area contributed by atoms with Crippen LogP contribution < -0.4 is 20.1 Å². The first kappa shape index (κ1) is 22.4. The number of carbonyl (C=O) groups excluding carboxylic acids is 2. The van der Waals surface area contributed by atoms with E-state index in [1.807, 2.05) is 18.2 Å². The Hall–Kier alpha value is -2.77. The van der Waals surface area contributed by atoms with Crippen molar-refractivity contribution in [2.45, 2.75) is 31.8 Å². The van der Waals surface area contributed by atoms with E-state index in [0.717, 1.165) is 44.6 Å². The van der Waals surface area contributed by atoms with Gasteiger partial charge in [-0.15, -0.1) is 0 Å². The molecular weight excluding hydrogens is 430 g/mol. The molecule has 1 saturated carbocycles. The molecule has 0 unspecified atom stereocenters. The highest BCUT2D eigenvalue weighted by molar-refractivity contribution is 6.34. The molecule has 4 rings (SSSR count). The zero-order valence-electron chi connectivity index (χ0n) is 18.3. The molecule has 2 aromatic rings. The second kappa shape index (κ2) is 9.79. The number of nitrogens with zero attached hydrogens (tertiary/aromatic N) is 1. The summed E-state index contributed by atoms with van der Waals surface area (Å²) in [5.74, 6) is 0.990. The van der Waals surface area contributed by atoms with Gasteiger partial charge in [0.25, 0.3) is 5.91 Å². The molecule has 8 heteroatoms. The van der Waals surface area contributed by atoms with E-state index in [4.69, 9.17) is 21.1 Å². The second-order valence-electron chi connectivity index (χ2n) is 8.34. The van der Waals surface area contributed by atoms with Gasteiger partial charge in [-0.1, -0.05) is 23.7 Å². The fourth-order valence-electron chi connectivity index (χ4n) is 3.96. The Balaban J connectivity index is 1.37. The lowest BCUT2D eigenvalue weighted by Crippen LogP contribution is -2.37. The van der Waals surface area contributed by atoms with Gasteiger partial charge in [0.15, 0.2) is 0 Å².